The molecule has 0 saturated carbocycles. The van der Waals surface area contributed by atoms with Gasteiger partial charge >= 0.3 is 0 Å². The Morgan fingerprint density at radius 1 is 1.00 bits per heavy atom. The number of hydrogen-bond donors (Lipinski definition) is 1. The summed E-state index contributed by atoms with van der Waals surface area (Å²) in [6.45, 7) is 4.87. The number of likely N-dealkylation sites (tertiary alicyclic amines) is 1. The van der Waals surface area contributed by atoms with Crippen LogP contribution in [-0.4, -0.2) is 83.4 Å². The van der Waals surface area contributed by atoms with Gasteiger partial charge in [0.2, 0.25) is 5.95 Å². The van der Waals surface area contributed by atoms with E-state index in [4.69, 9.17) is 4.74 Å². The summed E-state index contributed by atoms with van der Waals surface area (Å²) < 4.78 is 20.4. The van der Waals surface area contributed by atoms with Gasteiger partial charge in [-0.3, -0.25) is 4.90 Å². The third-order valence-electron chi connectivity index (χ3n) is 6.92. The van der Waals surface area contributed by atoms with E-state index in [1.54, 1.807) is 24.7 Å². The second kappa shape index (κ2) is 8.77. The van der Waals surface area contributed by atoms with Crippen LogP contribution in [0.15, 0.2) is 42.9 Å². The van der Waals surface area contributed by atoms with Crippen LogP contribution < -0.4 is 15.1 Å². The number of benzene rings is 1. The number of hydrogen-bond acceptors (Lipinski definition) is 9. The standard InChI is InChI=1S/C24H27FN8O/c1-31-14-18-11-17(31)15-33(18)22-3-2-16(10-19(22)25)29-24-26-5-4-20(30-24)21-12-28-23(13-27-21)32-6-8-34-9-7-32/h2-5,10,12-13,17-18H,6-9,11,14-15H2,1H3,(H,26,29,30). The van der Waals surface area contributed by atoms with E-state index in [1.807, 2.05) is 12.1 Å². The van der Waals surface area contributed by atoms with Crippen molar-refractivity contribution in [3.05, 3.63) is 48.7 Å². The molecule has 3 saturated heterocycles. The number of ether oxygens (including phenoxy) is 1. The minimum Gasteiger partial charge on any atom is -0.378 e. The molecule has 3 aliphatic rings. The number of rotatable bonds is 5. The van der Waals surface area contributed by atoms with Gasteiger partial charge in [-0.2, -0.15) is 0 Å². The molecule has 0 amide bonds. The zero-order chi connectivity index (χ0) is 23.1. The second-order valence-corrected chi connectivity index (χ2v) is 9.05. The van der Waals surface area contributed by atoms with Crippen molar-refractivity contribution in [2.75, 3.05) is 61.6 Å². The van der Waals surface area contributed by atoms with Gasteiger partial charge in [0.15, 0.2) is 0 Å². The first-order valence-corrected chi connectivity index (χ1v) is 11.7. The topological polar surface area (TPSA) is 82.5 Å². The molecular weight excluding hydrogens is 435 g/mol. The minimum absolute atomic E-state index is 0.235. The van der Waals surface area contributed by atoms with E-state index < -0.39 is 0 Å². The molecule has 2 bridgehead atoms. The second-order valence-electron chi connectivity index (χ2n) is 9.05. The van der Waals surface area contributed by atoms with Gasteiger partial charge in [0.25, 0.3) is 0 Å². The molecule has 2 unspecified atom stereocenters. The summed E-state index contributed by atoms with van der Waals surface area (Å²) in [6.07, 6.45) is 6.23. The zero-order valence-electron chi connectivity index (χ0n) is 19.1. The van der Waals surface area contributed by atoms with Gasteiger partial charge in [0, 0.05) is 50.1 Å². The minimum atomic E-state index is -0.235. The molecular formula is C24H27FN8O. The molecule has 3 aliphatic heterocycles. The van der Waals surface area contributed by atoms with E-state index in [0.717, 1.165) is 38.4 Å². The summed E-state index contributed by atoms with van der Waals surface area (Å²) in [7, 11) is 2.14. The number of aromatic nitrogens is 4. The van der Waals surface area contributed by atoms with Gasteiger partial charge < -0.3 is 19.9 Å². The van der Waals surface area contributed by atoms with Gasteiger partial charge in [0.1, 0.15) is 17.3 Å². The Hall–Kier alpha value is -3.37. The Morgan fingerprint density at radius 3 is 2.59 bits per heavy atom. The van der Waals surface area contributed by atoms with Crippen molar-refractivity contribution in [1.29, 1.82) is 0 Å². The highest BCUT2D eigenvalue weighted by atomic mass is 19.1. The predicted octanol–water partition coefficient (Wildman–Crippen LogP) is 2.55. The molecule has 3 fully saturated rings. The lowest BCUT2D eigenvalue weighted by atomic mass is 10.2. The SMILES string of the molecule is CN1CC2CC1CN2c1ccc(Nc2nccc(-c3cnc(N4CCOCC4)cn3)n2)cc1F. The summed E-state index contributed by atoms with van der Waals surface area (Å²) in [5, 5.41) is 3.12. The van der Waals surface area contributed by atoms with E-state index >= 15 is 0 Å². The smallest absolute Gasteiger partial charge is 0.227 e. The molecule has 5 heterocycles. The number of fused-ring (bicyclic) bond motifs is 2. The third kappa shape index (κ3) is 4.03. The molecule has 10 heteroatoms. The largest absolute Gasteiger partial charge is 0.378 e. The van der Waals surface area contributed by atoms with Crippen LogP contribution in [0.4, 0.5) is 27.5 Å². The highest BCUT2D eigenvalue weighted by molar-refractivity contribution is 5.63. The Bertz CT molecular complexity index is 1170. The number of morpholine rings is 1. The number of halogens is 1. The Labute approximate surface area is 197 Å². The highest BCUT2D eigenvalue weighted by Gasteiger charge is 2.42. The van der Waals surface area contributed by atoms with Crippen LogP contribution in [-0.2, 0) is 4.74 Å². The molecule has 1 aromatic carbocycles. The van der Waals surface area contributed by atoms with Crippen LogP contribution in [0.25, 0.3) is 11.4 Å². The van der Waals surface area contributed by atoms with E-state index in [1.165, 1.54) is 6.07 Å². The molecule has 34 heavy (non-hydrogen) atoms. The molecule has 2 atom stereocenters. The van der Waals surface area contributed by atoms with Crippen LogP contribution in [0.3, 0.4) is 0 Å². The van der Waals surface area contributed by atoms with Gasteiger partial charge in [-0.05, 0) is 37.7 Å². The van der Waals surface area contributed by atoms with Crippen molar-refractivity contribution >= 4 is 23.1 Å². The molecule has 0 radical (unpaired) electrons. The summed E-state index contributed by atoms with van der Waals surface area (Å²) in [4.78, 5) is 24.6. The van der Waals surface area contributed by atoms with Crippen molar-refractivity contribution in [1.82, 2.24) is 24.8 Å². The van der Waals surface area contributed by atoms with Gasteiger partial charge in [-0.25, -0.2) is 24.3 Å². The molecule has 9 nitrogen and oxygen atoms in total. The molecule has 6 rings (SSSR count). The number of nitrogens with zero attached hydrogens (tertiary/aromatic N) is 7. The maximum atomic E-state index is 15.0. The van der Waals surface area contributed by atoms with Crippen molar-refractivity contribution < 1.29 is 9.13 Å². The fraction of sp³-hybridized carbons (Fsp3) is 0.417. The van der Waals surface area contributed by atoms with Gasteiger partial charge in [0.05, 0.1) is 37.0 Å². The number of anilines is 4. The Balaban J connectivity index is 1.16. The van der Waals surface area contributed by atoms with Crippen LogP contribution in [0.2, 0.25) is 0 Å². The first kappa shape index (κ1) is 21.2. The third-order valence-corrected chi connectivity index (χ3v) is 6.92. The molecule has 3 aromatic rings. The van der Waals surface area contributed by atoms with Crippen LogP contribution in [0.5, 0.6) is 0 Å². The molecule has 2 aromatic heterocycles. The lowest BCUT2D eigenvalue weighted by molar-refractivity contribution is 0.122. The average molecular weight is 463 g/mol. The fourth-order valence-electron chi connectivity index (χ4n) is 5.08. The maximum absolute atomic E-state index is 15.0. The van der Waals surface area contributed by atoms with E-state index in [0.29, 0.717) is 54.0 Å². The van der Waals surface area contributed by atoms with Crippen molar-refractivity contribution in [3.8, 4) is 11.4 Å². The summed E-state index contributed by atoms with van der Waals surface area (Å²) in [5.41, 5.74) is 2.57. The molecule has 0 aliphatic carbocycles. The monoisotopic (exact) mass is 462 g/mol. The zero-order valence-corrected chi connectivity index (χ0v) is 19.1. The van der Waals surface area contributed by atoms with Gasteiger partial charge in [-0.15, -0.1) is 0 Å². The first-order valence-electron chi connectivity index (χ1n) is 11.7. The Morgan fingerprint density at radius 2 is 1.88 bits per heavy atom. The lowest BCUT2D eigenvalue weighted by Gasteiger charge is -2.33. The highest BCUT2D eigenvalue weighted by Crippen LogP contribution is 2.35. The Kier molecular flexibility index (Phi) is 5.46. The van der Waals surface area contributed by atoms with Gasteiger partial charge in [-0.1, -0.05) is 0 Å². The normalized spacial score (nSPS) is 22.4. The average Bonchev–Trinajstić information content (AvgIpc) is 3.45. The van der Waals surface area contributed by atoms with E-state index in [2.05, 4.69) is 47.0 Å². The summed E-state index contributed by atoms with van der Waals surface area (Å²) >= 11 is 0. The van der Waals surface area contributed by atoms with Crippen molar-refractivity contribution in [2.24, 2.45) is 0 Å². The van der Waals surface area contributed by atoms with E-state index in [9.17, 15) is 4.39 Å². The first-order chi connectivity index (χ1) is 16.6. The lowest BCUT2D eigenvalue weighted by Crippen LogP contribution is -2.44. The molecule has 0 spiro atoms. The van der Waals surface area contributed by atoms with Crippen LogP contribution in [0, 0.1) is 5.82 Å². The number of likely N-dealkylation sites (N-methyl/N-ethyl adjacent to an activating group) is 1. The maximum Gasteiger partial charge on any atom is 0.227 e. The molecule has 1 N–H and O–H groups in total. The van der Waals surface area contributed by atoms with Crippen LogP contribution >= 0.6 is 0 Å². The van der Waals surface area contributed by atoms with E-state index in [-0.39, 0.29) is 5.82 Å². The fourth-order valence-corrected chi connectivity index (χ4v) is 5.08. The molecule has 176 valence electrons. The quantitative estimate of drug-likeness (QED) is 0.615. The number of nitrogens with one attached hydrogen (secondary N) is 1. The number of piperazine rings is 1. The van der Waals surface area contributed by atoms with Crippen molar-refractivity contribution in [3.63, 3.8) is 0 Å². The predicted molar refractivity (Wildman–Crippen MR) is 128 cm³/mol. The van der Waals surface area contributed by atoms with Crippen molar-refractivity contribution in [2.45, 2.75) is 18.5 Å². The summed E-state index contributed by atoms with van der Waals surface area (Å²) in [5.74, 6) is 0.972. The summed E-state index contributed by atoms with van der Waals surface area (Å²) in [6, 6.07) is 7.92. The van der Waals surface area contributed by atoms with Crippen LogP contribution in [0.1, 0.15) is 6.42 Å².